The average molecular weight is 182 g/mol. The molecule has 0 aliphatic heterocycles. The van der Waals surface area contributed by atoms with Crippen molar-refractivity contribution in [3.8, 4) is 5.75 Å². The van der Waals surface area contributed by atoms with Gasteiger partial charge in [0.25, 0.3) is 0 Å². The van der Waals surface area contributed by atoms with Crippen LogP contribution in [0.3, 0.4) is 0 Å². The Labute approximate surface area is 77.6 Å². The van der Waals surface area contributed by atoms with Crippen LogP contribution in [0.25, 0.3) is 0 Å². The summed E-state index contributed by atoms with van der Waals surface area (Å²) in [6.07, 6.45) is 0. The van der Waals surface area contributed by atoms with Crippen molar-refractivity contribution in [1.29, 1.82) is 0 Å². The van der Waals surface area contributed by atoms with Gasteiger partial charge in [-0.2, -0.15) is 0 Å². The van der Waals surface area contributed by atoms with Gasteiger partial charge >= 0.3 is 0 Å². The third kappa shape index (κ3) is 3.31. The molecule has 4 heteroatoms. The molecule has 0 aromatic heterocycles. The summed E-state index contributed by atoms with van der Waals surface area (Å²) in [4.78, 5) is 0. The van der Waals surface area contributed by atoms with Crippen molar-refractivity contribution < 1.29 is 9.47 Å². The minimum absolute atomic E-state index is 0.546. The number of nitrogen functional groups attached to an aromatic ring is 1. The molecular weight excluding hydrogens is 168 g/mol. The lowest BCUT2D eigenvalue weighted by Crippen LogP contribution is -2.07. The first-order valence-electron chi connectivity index (χ1n) is 4.05. The van der Waals surface area contributed by atoms with E-state index in [1.807, 2.05) is 24.3 Å². The summed E-state index contributed by atoms with van der Waals surface area (Å²) in [6, 6.07) is 7.44. The van der Waals surface area contributed by atoms with Gasteiger partial charge in [-0.05, 0) is 12.1 Å². The monoisotopic (exact) mass is 182 g/mol. The molecule has 1 aromatic carbocycles. The van der Waals surface area contributed by atoms with Crippen LogP contribution in [0.4, 0.5) is 5.69 Å². The molecule has 0 radical (unpaired) electrons. The summed E-state index contributed by atoms with van der Waals surface area (Å²) < 4.78 is 10.2. The number of hydrogen-bond donors (Lipinski definition) is 2. The minimum Gasteiger partial charge on any atom is -0.491 e. The predicted molar refractivity (Wildman–Crippen MR) is 51.6 cm³/mol. The number of benzene rings is 1. The Morgan fingerprint density at radius 1 is 1.38 bits per heavy atom. The number of hydrogen-bond acceptors (Lipinski definition) is 4. The quantitative estimate of drug-likeness (QED) is 0.405. The zero-order valence-corrected chi connectivity index (χ0v) is 7.62. The van der Waals surface area contributed by atoms with Crippen molar-refractivity contribution in [1.82, 2.24) is 0 Å². The van der Waals surface area contributed by atoms with Gasteiger partial charge in [-0.15, -0.1) is 0 Å². The lowest BCUT2D eigenvalue weighted by Gasteiger charge is -2.06. The maximum atomic E-state index is 5.37. The Bertz CT molecular complexity index is 253. The standard InChI is InChI=1S/C9H14N2O2/c1-12-5-6-13-9-4-2-3-8(7-9)11-10/h2-4,7,11H,5-6,10H2,1H3. The molecule has 1 rings (SSSR count). The Morgan fingerprint density at radius 3 is 2.92 bits per heavy atom. The van der Waals surface area contributed by atoms with Crippen LogP contribution in [0.5, 0.6) is 5.75 Å². The van der Waals surface area contributed by atoms with E-state index < -0.39 is 0 Å². The number of nitrogens with two attached hydrogens (primary N) is 1. The van der Waals surface area contributed by atoms with Gasteiger partial charge in [0.2, 0.25) is 0 Å². The molecule has 4 nitrogen and oxygen atoms in total. The molecule has 1 aromatic rings. The molecule has 13 heavy (non-hydrogen) atoms. The fraction of sp³-hybridized carbons (Fsp3) is 0.333. The van der Waals surface area contributed by atoms with Crippen molar-refractivity contribution in [2.45, 2.75) is 0 Å². The number of anilines is 1. The third-order valence-electron chi connectivity index (χ3n) is 1.56. The highest BCUT2D eigenvalue weighted by atomic mass is 16.5. The molecule has 0 aliphatic carbocycles. The van der Waals surface area contributed by atoms with Crippen LogP contribution in [0.1, 0.15) is 0 Å². The molecule has 0 saturated heterocycles. The molecule has 0 bridgehead atoms. The summed E-state index contributed by atoms with van der Waals surface area (Å²) in [5, 5.41) is 0. The fourth-order valence-electron chi connectivity index (χ4n) is 0.919. The SMILES string of the molecule is COCCOc1cccc(NN)c1. The van der Waals surface area contributed by atoms with E-state index in [0.717, 1.165) is 11.4 Å². The molecule has 0 saturated carbocycles. The Kier molecular flexibility index (Phi) is 4.08. The Balaban J connectivity index is 2.46. The van der Waals surface area contributed by atoms with Gasteiger partial charge in [-0.1, -0.05) is 6.07 Å². The Hall–Kier alpha value is -1.26. The van der Waals surface area contributed by atoms with Gasteiger partial charge in [0.1, 0.15) is 12.4 Å². The van der Waals surface area contributed by atoms with Crippen LogP contribution in [-0.4, -0.2) is 20.3 Å². The molecule has 3 N–H and O–H groups in total. The molecule has 72 valence electrons. The second-order valence-electron chi connectivity index (χ2n) is 2.51. The van der Waals surface area contributed by atoms with Gasteiger partial charge in [-0.3, -0.25) is 5.84 Å². The lowest BCUT2D eigenvalue weighted by molar-refractivity contribution is 0.146. The zero-order valence-electron chi connectivity index (χ0n) is 7.62. The van der Waals surface area contributed by atoms with Crippen molar-refractivity contribution in [2.75, 3.05) is 25.7 Å². The molecule has 0 fully saturated rings. The summed E-state index contributed by atoms with van der Waals surface area (Å²) >= 11 is 0. The normalized spacial score (nSPS) is 9.69. The second-order valence-corrected chi connectivity index (χ2v) is 2.51. The van der Waals surface area contributed by atoms with Crippen molar-refractivity contribution in [3.63, 3.8) is 0 Å². The fourth-order valence-corrected chi connectivity index (χ4v) is 0.919. The number of ether oxygens (including phenoxy) is 2. The highest BCUT2D eigenvalue weighted by Gasteiger charge is 1.94. The lowest BCUT2D eigenvalue weighted by atomic mass is 10.3. The largest absolute Gasteiger partial charge is 0.491 e. The zero-order chi connectivity index (χ0) is 9.52. The molecule has 0 atom stereocenters. The van der Waals surface area contributed by atoms with E-state index in [1.54, 1.807) is 7.11 Å². The van der Waals surface area contributed by atoms with Gasteiger partial charge in [0.15, 0.2) is 0 Å². The highest BCUT2D eigenvalue weighted by molar-refractivity contribution is 5.46. The summed E-state index contributed by atoms with van der Waals surface area (Å²) in [6.45, 7) is 1.13. The van der Waals surface area contributed by atoms with E-state index in [0.29, 0.717) is 13.2 Å². The van der Waals surface area contributed by atoms with Crippen LogP contribution in [0.2, 0.25) is 0 Å². The van der Waals surface area contributed by atoms with Crippen molar-refractivity contribution in [3.05, 3.63) is 24.3 Å². The average Bonchev–Trinajstić information content (AvgIpc) is 2.19. The molecule has 0 heterocycles. The first-order chi connectivity index (χ1) is 6.36. The van der Waals surface area contributed by atoms with Gasteiger partial charge in [0.05, 0.1) is 12.3 Å². The van der Waals surface area contributed by atoms with Crippen LogP contribution in [0, 0.1) is 0 Å². The molecule has 0 spiro atoms. The molecule has 0 amide bonds. The first-order valence-corrected chi connectivity index (χ1v) is 4.05. The van der Waals surface area contributed by atoms with Gasteiger partial charge in [0, 0.05) is 13.2 Å². The molecular formula is C9H14N2O2. The number of hydrazine groups is 1. The Morgan fingerprint density at radius 2 is 2.23 bits per heavy atom. The van der Waals surface area contributed by atoms with Crippen molar-refractivity contribution >= 4 is 5.69 Å². The van der Waals surface area contributed by atoms with Crippen LogP contribution < -0.4 is 16.0 Å². The van der Waals surface area contributed by atoms with E-state index in [4.69, 9.17) is 15.3 Å². The summed E-state index contributed by atoms with van der Waals surface area (Å²) in [5.41, 5.74) is 3.38. The van der Waals surface area contributed by atoms with E-state index in [9.17, 15) is 0 Å². The van der Waals surface area contributed by atoms with Gasteiger partial charge < -0.3 is 14.9 Å². The topological polar surface area (TPSA) is 56.5 Å². The van der Waals surface area contributed by atoms with Crippen LogP contribution in [-0.2, 0) is 4.74 Å². The number of rotatable bonds is 5. The van der Waals surface area contributed by atoms with E-state index >= 15 is 0 Å². The summed E-state index contributed by atoms with van der Waals surface area (Å²) in [5.74, 6) is 6.03. The van der Waals surface area contributed by atoms with E-state index in [-0.39, 0.29) is 0 Å². The smallest absolute Gasteiger partial charge is 0.121 e. The third-order valence-corrected chi connectivity index (χ3v) is 1.56. The van der Waals surface area contributed by atoms with Gasteiger partial charge in [-0.25, -0.2) is 0 Å². The minimum atomic E-state index is 0.546. The predicted octanol–water partition coefficient (Wildman–Crippen LogP) is 0.997. The number of nitrogens with one attached hydrogen (secondary N) is 1. The molecule has 0 unspecified atom stereocenters. The molecule has 0 aliphatic rings. The first kappa shape index (κ1) is 9.83. The van der Waals surface area contributed by atoms with E-state index in [1.165, 1.54) is 0 Å². The maximum Gasteiger partial charge on any atom is 0.121 e. The number of methoxy groups -OCH3 is 1. The summed E-state index contributed by atoms with van der Waals surface area (Å²) in [7, 11) is 1.64. The van der Waals surface area contributed by atoms with Crippen LogP contribution in [0.15, 0.2) is 24.3 Å². The highest BCUT2D eigenvalue weighted by Crippen LogP contribution is 2.15. The maximum absolute atomic E-state index is 5.37. The van der Waals surface area contributed by atoms with Crippen molar-refractivity contribution in [2.24, 2.45) is 5.84 Å². The van der Waals surface area contributed by atoms with E-state index in [2.05, 4.69) is 5.43 Å². The second kappa shape index (κ2) is 5.40. The van der Waals surface area contributed by atoms with Crippen LogP contribution >= 0.6 is 0 Å².